The van der Waals surface area contributed by atoms with Gasteiger partial charge in [0.2, 0.25) is 0 Å². The molecule has 0 spiro atoms. The Hall–Kier alpha value is -1.78. The van der Waals surface area contributed by atoms with E-state index in [0.717, 1.165) is 0 Å². The van der Waals surface area contributed by atoms with Gasteiger partial charge in [-0.1, -0.05) is 128 Å². The van der Waals surface area contributed by atoms with Crippen molar-refractivity contribution in [1.29, 1.82) is 0 Å². The average Bonchev–Trinajstić information content (AvgIpc) is 3.69. The molecule has 2 fully saturated rings. The van der Waals surface area contributed by atoms with E-state index in [4.69, 9.17) is 0 Å². The minimum absolute atomic E-state index is 0. The molecule has 0 saturated heterocycles. The zero-order valence-electron chi connectivity index (χ0n) is 25.3. The first-order valence-corrected chi connectivity index (χ1v) is 17.2. The average molecular weight is 640 g/mol. The van der Waals surface area contributed by atoms with Gasteiger partial charge in [-0.25, -0.2) is 0 Å². The van der Waals surface area contributed by atoms with Gasteiger partial charge < -0.3 is 4.90 Å². The minimum atomic E-state index is -0.514. The van der Waals surface area contributed by atoms with E-state index in [1.165, 1.54) is 44.4 Å². The first-order valence-electron chi connectivity index (χ1n) is 14.5. The number of hydrogen-bond acceptors (Lipinski definition) is 1. The number of rotatable bonds is 8. The van der Waals surface area contributed by atoms with Crippen molar-refractivity contribution in [3.8, 4) is 0 Å². The van der Waals surface area contributed by atoms with E-state index in [0.29, 0.717) is 6.04 Å². The molecule has 0 unspecified atom stereocenters. The Morgan fingerprint density at radius 1 is 0.535 bits per heavy atom. The van der Waals surface area contributed by atoms with Gasteiger partial charge in [0, 0.05) is 40.3 Å². The second-order valence-corrected chi connectivity index (χ2v) is 15.1. The molecule has 1 nitrogen and oxygen atoms in total. The van der Waals surface area contributed by atoms with Crippen molar-refractivity contribution in [3.63, 3.8) is 0 Å². The predicted octanol–water partition coefficient (Wildman–Crippen LogP) is 7.67. The topological polar surface area (TPSA) is 3.24 Å². The van der Waals surface area contributed by atoms with E-state index in [-0.39, 0.29) is 17.1 Å². The molecular weight excluding hydrogens is 600 g/mol. The Bertz CT molecular complexity index is 1240. The van der Waals surface area contributed by atoms with E-state index >= 15 is 0 Å². The first kappa shape index (κ1) is 34.1. The Labute approximate surface area is 274 Å². The quantitative estimate of drug-likeness (QED) is 0.141. The molecule has 4 heteroatoms. The first-order chi connectivity index (χ1) is 20.5. The molecule has 43 heavy (non-hydrogen) atoms. The molecule has 2 aliphatic rings. The van der Waals surface area contributed by atoms with Crippen molar-refractivity contribution in [2.45, 2.75) is 19.9 Å². The predicted molar refractivity (Wildman–Crippen MR) is 186 cm³/mol. The summed E-state index contributed by atoms with van der Waals surface area (Å²) in [6, 6.07) is 43.8. The Kier molecular flexibility index (Phi) is 13.5. The largest absolute Gasteiger partial charge is 0.306 e. The monoisotopic (exact) mass is 639 g/mol. The molecule has 4 aromatic rings. The van der Waals surface area contributed by atoms with Gasteiger partial charge in [0.05, 0.1) is 0 Å². The molecule has 2 aliphatic carbocycles. The summed E-state index contributed by atoms with van der Waals surface area (Å²) in [5.41, 5.74) is 2.91. The Morgan fingerprint density at radius 2 is 0.953 bits per heavy atom. The molecule has 6 rings (SSSR count). The van der Waals surface area contributed by atoms with Crippen LogP contribution in [-0.4, -0.2) is 25.0 Å². The zero-order chi connectivity index (χ0) is 29.3. The van der Waals surface area contributed by atoms with Crippen molar-refractivity contribution >= 4 is 37.1 Å². The molecule has 0 heterocycles. The maximum Gasteiger partial charge on any atom is 0.0211 e. The molecule has 0 aliphatic heterocycles. The number of nitrogens with zero attached hydrogens (tertiary/aromatic N) is 1. The van der Waals surface area contributed by atoms with Crippen molar-refractivity contribution in [2.24, 2.45) is 0 Å². The van der Waals surface area contributed by atoms with E-state index in [1.54, 1.807) is 0 Å². The maximum absolute atomic E-state index is 2.31. The summed E-state index contributed by atoms with van der Waals surface area (Å²) in [6.07, 6.45) is 13.6. The van der Waals surface area contributed by atoms with Gasteiger partial charge in [0.25, 0.3) is 0 Å². The third-order valence-electron chi connectivity index (χ3n) is 7.50. The van der Waals surface area contributed by atoms with Crippen LogP contribution in [-0.2, 0) is 17.1 Å². The summed E-state index contributed by atoms with van der Waals surface area (Å²) in [5, 5.41) is 5.64. The zero-order valence-corrected chi connectivity index (χ0v) is 28.2. The van der Waals surface area contributed by atoms with Gasteiger partial charge in [0.1, 0.15) is 0 Å². The SMILES string of the molecule is C[C@H]([C]1[CH][CH][CH][C]1P(c1ccccc1)c1ccccc1)N(C)C.C[C]1[CH][CH][C](P(c2ccccc2)c2ccccc2)[CH]1.[Fe]. The Balaban J connectivity index is 0.000000195. The van der Waals surface area contributed by atoms with Crippen molar-refractivity contribution in [2.75, 3.05) is 14.1 Å². The fourth-order valence-electron chi connectivity index (χ4n) is 5.13. The summed E-state index contributed by atoms with van der Waals surface area (Å²) in [7, 11) is 3.36. The van der Waals surface area contributed by atoms with Crippen LogP contribution in [0.3, 0.4) is 0 Å². The summed E-state index contributed by atoms with van der Waals surface area (Å²) in [6.45, 7) is 4.44. The number of hydrogen-bond donors (Lipinski definition) is 0. The second kappa shape index (κ2) is 17.1. The van der Waals surface area contributed by atoms with Crippen LogP contribution in [0.15, 0.2) is 121 Å². The van der Waals surface area contributed by atoms with Crippen molar-refractivity contribution in [3.05, 3.63) is 183 Å². The van der Waals surface area contributed by atoms with Crippen LogP contribution < -0.4 is 21.2 Å². The van der Waals surface area contributed by atoms with Crippen LogP contribution in [0.5, 0.6) is 0 Å². The van der Waals surface area contributed by atoms with Crippen LogP contribution in [0.2, 0.25) is 0 Å². The van der Waals surface area contributed by atoms with Gasteiger partial charge in [0.15, 0.2) is 0 Å². The maximum atomic E-state index is 2.31. The van der Waals surface area contributed by atoms with Gasteiger partial charge in [-0.3, -0.25) is 0 Å². The van der Waals surface area contributed by atoms with Crippen molar-refractivity contribution < 1.29 is 17.1 Å². The van der Waals surface area contributed by atoms with Crippen LogP contribution >= 0.6 is 15.8 Å². The second-order valence-electron chi connectivity index (χ2n) is 10.7. The third kappa shape index (κ3) is 8.91. The molecule has 4 aromatic carbocycles. The normalized spacial score (nSPS) is 17.2. The van der Waals surface area contributed by atoms with Gasteiger partial charge in [-0.05, 0) is 103 Å². The van der Waals surface area contributed by atoms with Gasteiger partial charge >= 0.3 is 0 Å². The molecule has 1 atom stereocenters. The van der Waals surface area contributed by atoms with E-state index < -0.39 is 15.8 Å². The fraction of sp³-hybridized carbons (Fsp3) is 0.128. The van der Waals surface area contributed by atoms with Crippen LogP contribution in [0.1, 0.15) is 13.8 Å². The summed E-state index contributed by atoms with van der Waals surface area (Å²) >= 11 is 0. The van der Waals surface area contributed by atoms with E-state index in [9.17, 15) is 0 Å². The van der Waals surface area contributed by atoms with Crippen molar-refractivity contribution in [1.82, 2.24) is 4.90 Å². The standard InChI is InChI=1S/C21H23NP.C18H16P.Fe/c1-17(22(2)3)20-15-10-16-21(20)23(18-11-6-4-7-12-18)19-13-8-5-9-14-19;1-15-12-13-18(14-15)19(16-8-4-2-5-9-16)17-10-6-3-7-11-17;/h4-17H,1-3H3;2-14H,1H3;/t17-;;/m1../s1. The fourth-order valence-corrected chi connectivity index (χ4v) is 10.1. The van der Waals surface area contributed by atoms with E-state index in [1.807, 2.05) is 0 Å². The summed E-state index contributed by atoms with van der Waals surface area (Å²) in [4.78, 5) is 2.28. The minimum Gasteiger partial charge on any atom is -0.306 e. The van der Waals surface area contributed by atoms with E-state index in [2.05, 4.69) is 193 Å². The smallest absolute Gasteiger partial charge is 0.0211 e. The molecule has 0 N–H and O–H groups in total. The molecule has 0 bridgehead atoms. The molecule has 218 valence electrons. The molecule has 2 saturated carbocycles. The van der Waals surface area contributed by atoms with Crippen LogP contribution in [0.25, 0.3) is 0 Å². The molecular formula is C39H39FeNP2. The molecule has 10 radical (unpaired) electrons. The summed E-state index contributed by atoms with van der Waals surface area (Å²) < 4.78 is 0. The van der Waals surface area contributed by atoms with Crippen LogP contribution in [0, 0.1) is 61.7 Å². The molecule has 0 aromatic heterocycles. The third-order valence-corrected chi connectivity index (χ3v) is 12.4. The summed E-state index contributed by atoms with van der Waals surface area (Å²) in [5.74, 6) is 2.78. The van der Waals surface area contributed by atoms with Gasteiger partial charge in [-0.2, -0.15) is 0 Å². The van der Waals surface area contributed by atoms with Crippen LogP contribution in [0.4, 0.5) is 0 Å². The number of benzene rings is 4. The molecule has 0 amide bonds. The Morgan fingerprint density at radius 3 is 1.33 bits per heavy atom. The van der Waals surface area contributed by atoms with Gasteiger partial charge in [-0.15, -0.1) is 0 Å².